The normalized spacial score (nSPS) is 11.0. The van der Waals surface area contributed by atoms with Crippen molar-refractivity contribution >= 4 is 56.2 Å². The van der Waals surface area contributed by atoms with Gasteiger partial charge in [-0.05, 0) is 93.8 Å². The first-order valence-electron chi connectivity index (χ1n) is 9.53. The van der Waals surface area contributed by atoms with Crippen LogP contribution in [0, 0.1) is 28.7 Å². The molecule has 1 amide bonds. The van der Waals surface area contributed by atoms with Gasteiger partial charge in [-0.15, -0.1) is 0 Å². The van der Waals surface area contributed by atoms with Crippen molar-refractivity contribution in [1.82, 2.24) is 0 Å². The lowest BCUT2D eigenvalue weighted by Crippen LogP contribution is -2.13. The van der Waals surface area contributed by atoms with Crippen molar-refractivity contribution in [3.63, 3.8) is 0 Å². The molecule has 0 bridgehead atoms. The summed E-state index contributed by atoms with van der Waals surface area (Å²) in [4.78, 5) is 12.5. The van der Waals surface area contributed by atoms with Gasteiger partial charge in [0.1, 0.15) is 24.0 Å². The highest BCUT2D eigenvalue weighted by atomic mass is 127. The second-order valence-corrected chi connectivity index (χ2v) is 9.10. The maximum atomic E-state index is 12.5. The number of carbonyl (C=O) groups excluding carboxylic acids is 1. The largest absolute Gasteiger partial charge is 0.487 e. The Hall–Kier alpha value is -2.63. The molecule has 0 aliphatic carbocycles. The van der Waals surface area contributed by atoms with Crippen molar-refractivity contribution in [3.05, 3.63) is 96.5 Å². The third-order valence-electron chi connectivity index (χ3n) is 4.47. The maximum absolute atomic E-state index is 12.5. The fourth-order valence-corrected chi connectivity index (χ4v) is 4.68. The van der Waals surface area contributed by atoms with Crippen LogP contribution in [0.4, 0.5) is 5.69 Å². The van der Waals surface area contributed by atoms with Gasteiger partial charge >= 0.3 is 0 Å². The predicted octanol–water partition coefficient (Wildman–Crippen LogP) is 6.80. The molecule has 6 heteroatoms. The van der Waals surface area contributed by atoms with Gasteiger partial charge in [0.15, 0.2) is 0 Å². The van der Waals surface area contributed by atoms with Crippen LogP contribution in [-0.2, 0) is 11.4 Å². The smallest absolute Gasteiger partial charge is 0.266 e. The molecule has 3 aromatic carbocycles. The quantitative estimate of drug-likeness (QED) is 0.196. The zero-order valence-corrected chi connectivity index (χ0v) is 20.8. The molecule has 0 fully saturated rings. The SMILES string of the molecule is Cc1ccc(NC(=O)/C(C#N)=C/c2cc(Br)c(OCc3cccc(C)c3)c(I)c2)cc1. The van der Waals surface area contributed by atoms with Crippen LogP contribution in [-0.4, -0.2) is 5.91 Å². The standard InChI is InChI=1S/C25H20BrIN2O2/c1-16-6-8-21(9-7-16)29-25(30)20(14-28)11-19-12-22(26)24(23(27)13-19)31-15-18-5-3-4-17(2)10-18/h3-13H,15H2,1-2H3,(H,29,30)/b20-11+. The van der Waals surface area contributed by atoms with Crippen LogP contribution < -0.4 is 10.1 Å². The highest BCUT2D eigenvalue weighted by Crippen LogP contribution is 2.33. The van der Waals surface area contributed by atoms with E-state index in [1.54, 1.807) is 6.08 Å². The van der Waals surface area contributed by atoms with Gasteiger partial charge in [-0.3, -0.25) is 4.79 Å². The number of aryl methyl sites for hydroxylation is 2. The highest BCUT2D eigenvalue weighted by Gasteiger charge is 2.13. The second-order valence-electron chi connectivity index (χ2n) is 7.08. The fourth-order valence-electron chi connectivity index (χ4n) is 2.91. The zero-order valence-electron chi connectivity index (χ0n) is 17.1. The third-order valence-corrected chi connectivity index (χ3v) is 5.86. The summed E-state index contributed by atoms with van der Waals surface area (Å²) >= 11 is 5.74. The zero-order chi connectivity index (χ0) is 22.4. The van der Waals surface area contributed by atoms with Crippen molar-refractivity contribution in [2.75, 3.05) is 5.32 Å². The highest BCUT2D eigenvalue weighted by molar-refractivity contribution is 14.1. The molecule has 4 nitrogen and oxygen atoms in total. The summed E-state index contributed by atoms with van der Waals surface area (Å²) in [5.74, 6) is 0.277. The lowest BCUT2D eigenvalue weighted by Gasteiger charge is -2.12. The summed E-state index contributed by atoms with van der Waals surface area (Å²) in [5, 5.41) is 12.2. The Kier molecular flexibility index (Phi) is 7.88. The average molecular weight is 587 g/mol. The molecule has 0 aromatic heterocycles. The lowest BCUT2D eigenvalue weighted by molar-refractivity contribution is -0.112. The summed E-state index contributed by atoms with van der Waals surface area (Å²) in [6.45, 7) is 4.47. The number of carbonyl (C=O) groups is 1. The molecule has 0 heterocycles. The van der Waals surface area contributed by atoms with Gasteiger partial charge in [0, 0.05) is 5.69 Å². The second kappa shape index (κ2) is 10.6. The minimum Gasteiger partial charge on any atom is -0.487 e. The molecule has 0 aliphatic heterocycles. The fraction of sp³-hybridized carbons (Fsp3) is 0.120. The van der Waals surface area contributed by atoms with Gasteiger partial charge in [0.25, 0.3) is 5.91 Å². The van der Waals surface area contributed by atoms with E-state index in [4.69, 9.17) is 4.74 Å². The number of hydrogen-bond donors (Lipinski definition) is 1. The predicted molar refractivity (Wildman–Crippen MR) is 136 cm³/mol. The number of anilines is 1. The van der Waals surface area contributed by atoms with Crippen molar-refractivity contribution in [2.24, 2.45) is 0 Å². The first kappa shape index (κ1) is 23.0. The van der Waals surface area contributed by atoms with E-state index >= 15 is 0 Å². The van der Waals surface area contributed by atoms with Gasteiger partial charge < -0.3 is 10.1 Å². The molecule has 1 N–H and O–H groups in total. The van der Waals surface area contributed by atoms with Crippen LogP contribution in [0.1, 0.15) is 22.3 Å². The first-order chi connectivity index (χ1) is 14.9. The van der Waals surface area contributed by atoms with Crippen molar-refractivity contribution in [3.8, 4) is 11.8 Å². The summed E-state index contributed by atoms with van der Waals surface area (Å²) in [6.07, 6.45) is 1.57. The molecule has 0 atom stereocenters. The van der Waals surface area contributed by atoms with E-state index in [2.05, 4.69) is 49.9 Å². The molecule has 156 valence electrons. The van der Waals surface area contributed by atoms with E-state index in [1.165, 1.54) is 5.56 Å². The Labute approximate surface area is 204 Å². The van der Waals surface area contributed by atoms with E-state index in [9.17, 15) is 10.1 Å². The number of hydrogen-bond acceptors (Lipinski definition) is 3. The Morgan fingerprint density at radius 1 is 1.13 bits per heavy atom. The van der Waals surface area contributed by atoms with Gasteiger partial charge in [-0.25, -0.2) is 0 Å². The molecule has 0 saturated heterocycles. The van der Waals surface area contributed by atoms with E-state index < -0.39 is 5.91 Å². The number of nitriles is 1. The number of rotatable bonds is 6. The number of benzene rings is 3. The van der Waals surface area contributed by atoms with Gasteiger partial charge in [0.2, 0.25) is 0 Å². The topological polar surface area (TPSA) is 62.1 Å². The average Bonchev–Trinajstić information content (AvgIpc) is 2.73. The van der Waals surface area contributed by atoms with Crippen LogP contribution in [0.5, 0.6) is 5.75 Å². The molecular weight excluding hydrogens is 567 g/mol. The van der Waals surface area contributed by atoms with E-state index in [-0.39, 0.29) is 5.57 Å². The number of halogens is 2. The van der Waals surface area contributed by atoms with Gasteiger partial charge in [-0.1, -0.05) is 47.5 Å². The number of nitrogens with one attached hydrogen (secondary N) is 1. The van der Waals surface area contributed by atoms with Crippen molar-refractivity contribution in [1.29, 1.82) is 5.26 Å². The van der Waals surface area contributed by atoms with E-state index in [0.717, 1.165) is 30.5 Å². The maximum Gasteiger partial charge on any atom is 0.266 e. The monoisotopic (exact) mass is 586 g/mol. The number of ether oxygens (including phenoxy) is 1. The molecule has 3 rings (SSSR count). The number of amides is 1. The van der Waals surface area contributed by atoms with Crippen LogP contribution in [0.2, 0.25) is 0 Å². The van der Waals surface area contributed by atoms with Gasteiger partial charge in [0.05, 0.1) is 8.04 Å². The van der Waals surface area contributed by atoms with Crippen molar-refractivity contribution < 1.29 is 9.53 Å². The van der Waals surface area contributed by atoms with Crippen molar-refractivity contribution in [2.45, 2.75) is 20.5 Å². The van der Waals surface area contributed by atoms with E-state index in [1.807, 2.05) is 74.5 Å². The molecule has 0 saturated carbocycles. The number of nitrogens with zero attached hydrogens (tertiary/aromatic N) is 1. The summed E-state index contributed by atoms with van der Waals surface area (Å²) < 4.78 is 7.65. The van der Waals surface area contributed by atoms with Crippen LogP contribution in [0.15, 0.2) is 70.7 Å². The first-order valence-corrected chi connectivity index (χ1v) is 11.4. The molecule has 0 radical (unpaired) electrons. The molecule has 0 unspecified atom stereocenters. The van der Waals surface area contributed by atoms with Crippen LogP contribution in [0.3, 0.4) is 0 Å². The Morgan fingerprint density at radius 3 is 2.52 bits per heavy atom. The molecule has 0 aliphatic rings. The summed E-state index contributed by atoms with van der Waals surface area (Å²) in [6, 6.07) is 21.3. The molecule has 3 aromatic rings. The summed E-state index contributed by atoms with van der Waals surface area (Å²) in [5.41, 5.74) is 4.77. The van der Waals surface area contributed by atoms with Crippen LogP contribution >= 0.6 is 38.5 Å². The third kappa shape index (κ3) is 6.42. The Morgan fingerprint density at radius 2 is 1.87 bits per heavy atom. The Bertz CT molecular complexity index is 1160. The lowest BCUT2D eigenvalue weighted by atomic mass is 10.1. The molecular formula is C25H20BrIN2O2. The molecule has 0 spiro atoms. The van der Waals surface area contributed by atoms with Gasteiger partial charge in [-0.2, -0.15) is 5.26 Å². The molecule has 31 heavy (non-hydrogen) atoms. The van der Waals surface area contributed by atoms with E-state index in [0.29, 0.717) is 12.3 Å². The van der Waals surface area contributed by atoms with Crippen LogP contribution in [0.25, 0.3) is 6.08 Å². The summed E-state index contributed by atoms with van der Waals surface area (Å²) in [7, 11) is 0. The minimum absolute atomic E-state index is 0.0247. The Balaban J connectivity index is 1.76. The minimum atomic E-state index is -0.447.